The summed E-state index contributed by atoms with van der Waals surface area (Å²) in [7, 11) is 0. The third kappa shape index (κ3) is 2.72. The zero-order valence-corrected chi connectivity index (χ0v) is 11.5. The van der Waals surface area contributed by atoms with Gasteiger partial charge in [0, 0.05) is 18.6 Å². The first kappa shape index (κ1) is 13.9. The molecule has 2 fully saturated rings. The molecule has 1 N–H and O–H groups in total. The Balaban J connectivity index is 1.79. The fourth-order valence-electron chi connectivity index (χ4n) is 3.18. The number of nitrogens with zero attached hydrogens (tertiary/aromatic N) is 2. The van der Waals surface area contributed by atoms with Gasteiger partial charge in [-0.2, -0.15) is 13.2 Å². The molecule has 20 heavy (non-hydrogen) atoms. The Morgan fingerprint density at radius 3 is 2.80 bits per heavy atom. The Bertz CT molecular complexity index is 506. The Labute approximate surface area is 120 Å². The molecule has 3 heterocycles. The summed E-state index contributed by atoms with van der Waals surface area (Å²) in [5, 5.41) is 2.99. The molecular weight excluding hydrogens is 291 g/mol. The predicted molar refractivity (Wildman–Crippen MR) is 70.9 cm³/mol. The van der Waals surface area contributed by atoms with Crippen molar-refractivity contribution < 1.29 is 13.2 Å². The first-order valence-corrected chi connectivity index (χ1v) is 7.06. The van der Waals surface area contributed by atoms with Gasteiger partial charge in [-0.3, -0.25) is 4.90 Å². The molecular formula is C13H15ClF3N3. The summed E-state index contributed by atoms with van der Waals surface area (Å²) >= 11 is 5.69. The fraction of sp³-hybridized carbons (Fsp3) is 0.615. The number of alkyl halides is 3. The van der Waals surface area contributed by atoms with Crippen molar-refractivity contribution in [1.29, 1.82) is 0 Å². The number of aromatic nitrogens is 1. The zero-order valence-electron chi connectivity index (χ0n) is 10.8. The van der Waals surface area contributed by atoms with E-state index in [-0.39, 0.29) is 17.0 Å². The Morgan fingerprint density at radius 1 is 1.25 bits per heavy atom. The van der Waals surface area contributed by atoms with Crippen molar-refractivity contribution in [2.24, 2.45) is 0 Å². The Hall–Kier alpha value is -1.01. The van der Waals surface area contributed by atoms with Gasteiger partial charge in [0.05, 0.1) is 5.56 Å². The largest absolute Gasteiger partial charge is 0.416 e. The second-order valence-electron chi connectivity index (χ2n) is 5.35. The highest BCUT2D eigenvalue weighted by Crippen LogP contribution is 2.34. The number of anilines is 1. The van der Waals surface area contributed by atoms with E-state index in [9.17, 15) is 13.2 Å². The number of rotatable bonds is 2. The van der Waals surface area contributed by atoms with Gasteiger partial charge in [0.2, 0.25) is 0 Å². The molecule has 110 valence electrons. The Kier molecular flexibility index (Phi) is 3.54. The molecule has 2 saturated heterocycles. The van der Waals surface area contributed by atoms with Crippen molar-refractivity contribution in [3.63, 3.8) is 0 Å². The lowest BCUT2D eigenvalue weighted by Gasteiger charge is -2.22. The lowest BCUT2D eigenvalue weighted by molar-refractivity contribution is -0.137. The maximum Gasteiger partial charge on any atom is 0.416 e. The van der Waals surface area contributed by atoms with Gasteiger partial charge >= 0.3 is 6.18 Å². The smallest absolute Gasteiger partial charge is 0.366 e. The SMILES string of the molecule is FC(F)(F)c1cc(Cl)nc(NC2CCN3CCCC23)c1. The van der Waals surface area contributed by atoms with Gasteiger partial charge in [-0.25, -0.2) is 4.98 Å². The molecule has 0 amide bonds. The van der Waals surface area contributed by atoms with E-state index in [1.165, 1.54) is 0 Å². The van der Waals surface area contributed by atoms with Crippen molar-refractivity contribution in [2.75, 3.05) is 18.4 Å². The van der Waals surface area contributed by atoms with E-state index in [2.05, 4.69) is 15.2 Å². The van der Waals surface area contributed by atoms with Crippen LogP contribution in [0.15, 0.2) is 12.1 Å². The van der Waals surface area contributed by atoms with Gasteiger partial charge in [0.1, 0.15) is 11.0 Å². The number of halogens is 4. The topological polar surface area (TPSA) is 28.2 Å². The summed E-state index contributed by atoms with van der Waals surface area (Å²) in [4.78, 5) is 6.34. The summed E-state index contributed by atoms with van der Waals surface area (Å²) in [5.41, 5.74) is -0.763. The average molecular weight is 306 g/mol. The van der Waals surface area contributed by atoms with Gasteiger partial charge in [0.25, 0.3) is 0 Å². The molecule has 0 spiro atoms. The molecule has 2 atom stereocenters. The van der Waals surface area contributed by atoms with Crippen molar-refractivity contribution in [2.45, 2.75) is 37.5 Å². The molecule has 2 unspecified atom stereocenters. The molecule has 1 aromatic rings. The molecule has 3 nitrogen and oxygen atoms in total. The number of nitrogens with one attached hydrogen (secondary N) is 1. The number of fused-ring (bicyclic) bond motifs is 1. The number of hydrogen-bond acceptors (Lipinski definition) is 3. The minimum absolute atomic E-state index is 0.136. The van der Waals surface area contributed by atoms with Gasteiger partial charge in [-0.15, -0.1) is 0 Å². The third-order valence-corrected chi connectivity index (χ3v) is 4.25. The normalized spacial score (nSPS) is 26.8. The summed E-state index contributed by atoms with van der Waals surface area (Å²) in [5.74, 6) is 0.212. The molecule has 1 aromatic heterocycles. The predicted octanol–water partition coefficient (Wildman–Crippen LogP) is 3.40. The van der Waals surface area contributed by atoms with Gasteiger partial charge < -0.3 is 5.32 Å². The lowest BCUT2D eigenvalue weighted by atomic mass is 10.1. The van der Waals surface area contributed by atoms with Crippen LogP contribution in [0.5, 0.6) is 0 Å². The molecule has 2 aliphatic rings. The second kappa shape index (κ2) is 5.07. The highest BCUT2D eigenvalue weighted by Gasteiger charge is 2.37. The minimum atomic E-state index is -4.40. The highest BCUT2D eigenvalue weighted by atomic mass is 35.5. The first-order valence-electron chi connectivity index (χ1n) is 6.69. The monoisotopic (exact) mass is 305 g/mol. The van der Waals surface area contributed by atoms with Crippen molar-refractivity contribution in [3.8, 4) is 0 Å². The van der Waals surface area contributed by atoms with Crippen LogP contribution in [0.2, 0.25) is 5.15 Å². The van der Waals surface area contributed by atoms with Crippen molar-refractivity contribution in [1.82, 2.24) is 9.88 Å². The summed E-state index contributed by atoms with van der Waals surface area (Å²) < 4.78 is 38.3. The van der Waals surface area contributed by atoms with Crippen LogP contribution in [-0.4, -0.2) is 35.1 Å². The van der Waals surface area contributed by atoms with Crippen LogP contribution in [0.4, 0.5) is 19.0 Å². The molecule has 2 aliphatic heterocycles. The van der Waals surface area contributed by atoms with Gasteiger partial charge in [0.15, 0.2) is 0 Å². The standard InChI is InChI=1S/C13H15ClF3N3/c14-11-6-8(13(15,16)17)7-12(19-11)18-9-3-5-20-4-1-2-10(9)20/h6-7,9-10H,1-5H2,(H,18,19). The Morgan fingerprint density at radius 2 is 2.05 bits per heavy atom. The van der Waals surface area contributed by atoms with Crippen LogP contribution in [0.1, 0.15) is 24.8 Å². The van der Waals surface area contributed by atoms with Crippen LogP contribution in [0.3, 0.4) is 0 Å². The summed E-state index contributed by atoms with van der Waals surface area (Å²) in [6.45, 7) is 2.08. The van der Waals surface area contributed by atoms with Crippen LogP contribution < -0.4 is 5.32 Å². The molecule has 3 rings (SSSR count). The quantitative estimate of drug-likeness (QED) is 0.849. The van der Waals surface area contributed by atoms with E-state index >= 15 is 0 Å². The van der Waals surface area contributed by atoms with E-state index in [1.807, 2.05) is 0 Å². The fourth-order valence-corrected chi connectivity index (χ4v) is 3.38. The van der Waals surface area contributed by atoms with Crippen molar-refractivity contribution >= 4 is 17.4 Å². The van der Waals surface area contributed by atoms with E-state index < -0.39 is 11.7 Å². The first-order chi connectivity index (χ1) is 9.43. The van der Waals surface area contributed by atoms with Gasteiger partial charge in [-0.1, -0.05) is 11.6 Å². The van der Waals surface area contributed by atoms with Crippen LogP contribution >= 0.6 is 11.6 Å². The number of hydrogen-bond donors (Lipinski definition) is 1. The average Bonchev–Trinajstić information content (AvgIpc) is 2.92. The lowest BCUT2D eigenvalue weighted by Crippen LogP contribution is -2.34. The summed E-state index contributed by atoms with van der Waals surface area (Å²) in [6, 6.07) is 2.45. The highest BCUT2D eigenvalue weighted by molar-refractivity contribution is 6.29. The van der Waals surface area contributed by atoms with E-state index in [0.717, 1.165) is 44.5 Å². The minimum Gasteiger partial charge on any atom is -0.366 e. The van der Waals surface area contributed by atoms with Crippen LogP contribution in [-0.2, 0) is 6.18 Å². The summed E-state index contributed by atoms with van der Waals surface area (Å²) in [6.07, 6.45) is -1.23. The molecule has 0 radical (unpaired) electrons. The van der Waals surface area contributed by atoms with Gasteiger partial charge in [-0.05, 0) is 37.9 Å². The second-order valence-corrected chi connectivity index (χ2v) is 5.73. The molecule has 0 bridgehead atoms. The molecule has 0 aliphatic carbocycles. The zero-order chi connectivity index (χ0) is 14.3. The van der Waals surface area contributed by atoms with E-state index in [1.54, 1.807) is 0 Å². The van der Waals surface area contributed by atoms with Crippen LogP contribution in [0, 0.1) is 0 Å². The third-order valence-electron chi connectivity index (χ3n) is 4.06. The van der Waals surface area contributed by atoms with Crippen molar-refractivity contribution in [3.05, 3.63) is 22.8 Å². The molecule has 0 aromatic carbocycles. The van der Waals surface area contributed by atoms with Crippen LogP contribution in [0.25, 0.3) is 0 Å². The number of pyridine rings is 1. The molecule has 0 saturated carbocycles. The molecule has 7 heteroatoms. The maximum absolute atomic E-state index is 12.8. The van der Waals surface area contributed by atoms with E-state index in [4.69, 9.17) is 11.6 Å². The van der Waals surface area contributed by atoms with E-state index in [0.29, 0.717) is 6.04 Å². The maximum atomic E-state index is 12.8.